The fraction of sp³-hybridized carbons (Fsp3) is 0.435. The molecule has 162 valence electrons. The highest BCUT2D eigenvalue weighted by atomic mass is 35.5. The second-order valence-corrected chi connectivity index (χ2v) is 10.5. The molecule has 0 bridgehead atoms. The average Bonchev–Trinajstić information content (AvgIpc) is 2.71. The standard InChI is InChI=1S/C23H29ClN2O3S/c1-15-13-17(3)22(14-16(15)2)18(4)25-23(27)19-9-11-26(12-10-19)30(28,29)21-7-5-20(24)6-8-21/h5-8,13-14,18-19H,9-12H2,1-4H3,(H,25,27)/t18-/m1/s1. The van der Waals surface area contributed by atoms with Gasteiger partial charge in [0.1, 0.15) is 0 Å². The molecule has 2 aromatic carbocycles. The van der Waals surface area contributed by atoms with Crippen LogP contribution in [0.1, 0.15) is 48.1 Å². The van der Waals surface area contributed by atoms with Crippen LogP contribution in [0.25, 0.3) is 0 Å². The van der Waals surface area contributed by atoms with Crippen LogP contribution in [0.2, 0.25) is 5.02 Å². The number of nitrogens with one attached hydrogen (secondary N) is 1. The molecular formula is C23H29ClN2O3S. The van der Waals surface area contributed by atoms with Gasteiger partial charge in [0.2, 0.25) is 15.9 Å². The minimum atomic E-state index is -3.57. The molecule has 2 aromatic rings. The highest BCUT2D eigenvalue weighted by Gasteiger charge is 2.32. The van der Waals surface area contributed by atoms with Gasteiger partial charge in [-0.05, 0) is 87.1 Å². The van der Waals surface area contributed by atoms with Gasteiger partial charge < -0.3 is 5.32 Å². The summed E-state index contributed by atoms with van der Waals surface area (Å²) in [6, 6.07) is 10.4. The van der Waals surface area contributed by atoms with Gasteiger partial charge in [0.05, 0.1) is 10.9 Å². The Kier molecular flexibility index (Phi) is 6.90. The fourth-order valence-corrected chi connectivity index (χ4v) is 5.57. The molecular weight excluding hydrogens is 420 g/mol. The molecule has 0 spiro atoms. The van der Waals surface area contributed by atoms with Crippen LogP contribution in [-0.2, 0) is 14.8 Å². The lowest BCUT2D eigenvalue weighted by molar-refractivity contribution is -0.126. The van der Waals surface area contributed by atoms with Gasteiger partial charge in [-0.2, -0.15) is 4.31 Å². The van der Waals surface area contributed by atoms with Crippen molar-refractivity contribution in [3.05, 3.63) is 63.7 Å². The number of nitrogens with zero attached hydrogens (tertiary/aromatic N) is 1. The van der Waals surface area contributed by atoms with E-state index in [2.05, 4.69) is 38.2 Å². The third-order valence-corrected chi connectivity index (χ3v) is 8.15. The minimum Gasteiger partial charge on any atom is -0.349 e. The summed E-state index contributed by atoms with van der Waals surface area (Å²) in [5.41, 5.74) is 4.73. The largest absolute Gasteiger partial charge is 0.349 e. The topological polar surface area (TPSA) is 66.5 Å². The van der Waals surface area contributed by atoms with E-state index in [-0.39, 0.29) is 22.8 Å². The molecule has 0 saturated carbocycles. The molecule has 30 heavy (non-hydrogen) atoms. The van der Waals surface area contributed by atoms with Crippen LogP contribution in [0, 0.1) is 26.7 Å². The summed E-state index contributed by atoms with van der Waals surface area (Å²) in [4.78, 5) is 13.0. The molecule has 0 unspecified atom stereocenters. The van der Waals surface area contributed by atoms with Crippen molar-refractivity contribution in [1.82, 2.24) is 9.62 Å². The maximum atomic E-state index is 12.8. The summed E-state index contributed by atoms with van der Waals surface area (Å²) >= 11 is 5.86. The van der Waals surface area contributed by atoms with Crippen molar-refractivity contribution in [3.8, 4) is 0 Å². The van der Waals surface area contributed by atoms with Crippen molar-refractivity contribution in [2.45, 2.75) is 51.5 Å². The van der Waals surface area contributed by atoms with Crippen LogP contribution in [0.5, 0.6) is 0 Å². The summed E-state index contributed by atoms with van der Waals surface area (Å²) in [6.45, 7) is 8.88. The molecule has 1 saturated heterocycles. The summed E-state index contributed by atoms with van der Waals surface area (Å²) in [6.07, 6.45) is 1.02. The molecule has 7 heteroatoms. The first-order valence-electron chi connectivity index (χ1n) is 10.2. The van der Waals surface area contributed by atoms with Gasteiger partial charge in [0, 0.05) is 24.0 Å². The van der Waals surface area contributed by atoms with Crippen molar-refractivity contribution < 1.29 is 13.2 Å². The number of halogens is 1. The molecule has 1 atom stereocenters. The zero-order valence-corrected chi connectivity index (χ0v) is 19.5. The molecule has 1 aliphatic rings. The zero-order valence-electron chi connectivity index (χ0n) is 17.9. The Labute approximate surface area is 184 Å². The van der Waals surface area contributed by atoms with Gasteiger partial charge in [-0.25, -0.2) is 8.42 Å². The molecule has 1 amide bonds. The van der Waals surface area contributed by atoms with E-state index < -0.39 is 10.0 Å². The second-order valence-electron chi connectivity index (χ2n) is 8.16. The lowest BCUT2D eigenvalue weighted by atomic mass is 9.94. The van der Waals surface area contributed by atoms with E-state index in [1.165, 1.54) is 27.6 Å². The maximum Gasteiger partial charge on any atom is 0.243 e. The van der Waals surface area contributed by atoms with E-state index in [1.54, 1.807) is 12.1 Å². The monoisotopic (exact) mass is 448 g/mol. The molecule has 1 heterocycles. The number of hydrogen-bond donors (Lipinski definition) is 1. The van der Waals surface area contributed by atoms with Crippen LogP contribution in [0.15, 0.2) is 41.3 Å². The smallest absolute Gasteiger partial charge is 0.243 e. The Hall–Kier alpha value is -1.89. The summed E-state index contributed by atoms with van der Waals surface area (Å²) in [5, 5.41) is 3.62. The first kappa shape index (κ1) is 22.8. The first-order valence-corrected chi connectivity index (χ1v) is 12.0. The predicted octanol–water partition coefficient (Wildman–Crippen LogP) is 4.54. The number of rotatable bonds is 5. The summed E-state index contributed by atoms with van der Waals surface area (Å²) < 4.78 is 27.1. The van der Waals surface area contributed by atoms with Crippen molar-refractivity contribution in [2.24, 2.45) is 5.92 Å². The van der Waals surface area contributed by atoms with E-state index in [0.29, 0.717) is 31.0 Å². The normalized spacial score (nSPS) is 17.0. The number of piperidine rings is 1. The Morgan fingerprint density at radius 3 is 2.20 bits per heavy atom. The molecule has 0 aliphatic carbocycles. The van der Waals surface area contributed by atoms with Crippen LogP contribution in [-0.4, -0.2) is 31.7 Å². The van der Waals surface area contributed by atoms with E-state index in [1.807, 2.05) is 6.92 Å². The quantitative estimate of drug-likeness (QED) is 0.729. The lowest BCUT2D eigenvalue weighted by Crippen LogP contribution is -2.43. The Morgan fingerprint density at radius 1 is 1.03 bits per heavy atom. The van der Waals surface area contributed by atoms with E-state index in [4.69, 9.17) is 11.6 Å². The van der Waals surface area contributed by atoms with Crippen LogP contribution >= 0.6 is 11.6 Å². The Bertz CT molecular complexity index is 1030. The highest BCUT2D eigenvalue weighted by Crippen LogP contribution is 2.26. The van der Waals surface area contributed by atoms with Crippen molar-refractivity contribution in [2.75, 3.05) is 13.1 Å². The number of sulfonamides is 1. The van der Waals surface area contributed by atoms with Crippen molar-refractivity contribution in [3.63, 3.8) is 0 Å². The van der Waals surface area contributed by atoms with Gasteiger partial charge in [0.25, 0.3) is 0 Å². The fourth-order valence-electron chi connectivity index (χ4n) is 3.97. The highest BCUT2D eigenvalue weighted by molar-refractivity contribution is 7.89. The Morgan fingerprint density at radius 2 is 1.60 bits per heavy atom. The van der Waals surface area contributed by atoms with Crippen LogP contribution in [0.4, 0.5) is 0 Å². The van der Waals surface area contributed by atoms with Gasteiger partial charge in [0.15, 0.2) is 0 Å². The predicted molar refractivity (Wildman–Crippen MR) is 120 cm³/mol. The zero-order chi connectivity index (χ0) is 22.1. The first-order chi connectivity index (χ1) is 14.1. The molecule has 1 fully saturated rings. The maximum absolute atomic E-state index is 12.8. The molecule has 1 N–H and O–H groups in total. The molecule has 3 rings (SSSR count). The lowest BCUT2D eigenvalue weighted by Gasteiger charge is -2.31. The molecule has 1 aliphatic heterocycles. The molecule has 0 radical (unpaired) electrons. The van der Waals surface area contributed by atoms with Gasteiger partial charge in [-0.15, -0.1) is 0 Å². The SMILES string of the molecule is Cc1cc(C)c([C@@H](C)NC(=O)C2CCN(S(=O)(=O)c3ccc(Cl)cc3)CC2)cc1C. The van der Waals surface area contributed by atoms with Crippen molar-refractivity contribution in [1.29, 1.82) is 0 Å². The van der Waals surface area contributed by atoms with Crippen molar-refractivity contribution >= 4 is 27.5 Å². The number of benzene rings is 2. The second kappa shape index (κ2) is 9.08. The summed E-state index contributed by atoms with van der Waals surface area (Å²) in [7, 11) is -3.57. The van der Waals surface area contributed by atoms with E-state index >= 15 is 0 Å². The number of carbonyl (C=O) groups is 1. The van der Waals surface area contributed by atoms with E-state index in [0.717, 1.165) is 11.1 Å². The number of hydrogen-bond acceptors (Lipinski definition) is 3. The van der Waals surface area contributed by atoms with E-state index in [9.17, 15) is 13.2 Å². The van der Waals surface area contributed by atoms with Crippen LogP contribution < -0.4 is 5.32 Å². The van der Waals surface area contributed by atoms with Crippen LogP contribution in [0.3, 0.4) is 0 Å². The number of amides is 1. The number of carbonyl (C=O) groups excluding carboxylic acids is 1. The molecule has 0 aromatic heterocycles. The number of aryl methyl sites for hydroxylation is 3. The van der Waals surface area contributed by atoms with Gasteiger partial charge >= 0.3 is 0 Å². The third-order valence-electron chi connectivity index (χ3n) is 5.98. The summed E-state index contributed by atoms with van der Waals surface area (Å²) in [5.74, 6) is -0.195. The van der Waals surface area contributed by atoms with Gasteiger partial charge in [-0.1, -0.05) is 23.7 Å². The Balaban J connectivity index is 1.61. The van der Waals surface area contributed by atoms with Gasteiger partial charge in [-0.3, -0.25) is 4.79 Å². The average molecular weight is 449 g/mol. The third kappa shape index (κ3) is 4.88. The molecule has 5 nitrogen and oxygen atoms in total. The minimum absolute atomic E-state index is 0.0105.